The number of nitrogens with one attached hydrogen (secondary N) is 3. The highest BCUT2D eigenvalue weighted by Crippen LogP contribution is 2.38. The Morgan fingerprint density at radius 3 is 2.58 bits per heavy atom. The van der Waals surface area contributed by atoms with Crippen LogP contribution in [0.4, 0.5) is 20.3 Å². The van der Waals surface area contributed by atoms with E-state index >= 15 is 0 Å². The second-order valence-electron chi connectivity index (χ2n) is 8.96. The molecule has 1 aromatic heterocycles. The number of esters is 1. The number of benzene rings is 1. The molecule has 0 atom stereocenters. The zero-order valence-corrected chi connectivity index (χ0v) is 22.5. The van der Waals surface area contributed by atoms with Crippen LogP contribution in [0.3, 0.4) is 0 Å². The van der Waals surface area contributed by atoms with Crippen molar-refractivity contribution in [3.63, 3.8) is 0 Å². The van der Waals surface area contributed by atoms with Crippen LogP contribution in [0.25, 0.3) is 0 Å². The van der Waals surface area contributed by atoms with Gasteiger partial charge in [0.2, 0.25) is 0 Å². The summed E-state index contributed by atoms with van der Waals surface area (Å²) in [6.45, 7) is 3.71. The first-order valence-corrected chi connectivity index (χ1v) is 13.8. The quantitative estimate of drug-likeness (QED) is 0.372. The molecule has 1 aliphatic carbocycles. The van der Waals surface area contributed by atoms with Gasteiger partial charge in [-0.3, -0.25) is 5.32 Å². The number of likely N-dealkylation sites (tertiary alicyclic amines) is 1. The molecular weight excluding hydrogens is 523 g/mol. The summed E-state index contributed by atoms with van der Waals surface area (Å²) in [5, 5.41) is 10.1. The van der Waals surface area contributed by atoms with Gasteiger partial charge in [-0.1, -0.05) is 23.2 Å². The average Bonchev–Trinajstić information content (AvgIpc) is 3.22. The van der Waals surface area contributed by atoms with E-state index in [1.807, 2.05) is 0 Å². The molecule has 0 saturated carbocycles. The summed E-state index contributed by atoms with van der Waals surface area (Å²) in [5.41, 5.74) is 2.04. The van der Waals surface area contributed by atoms with E-state index in [1.54, 1.807) is 30.0 Å². The van der Waals surface area contributed by atoms with Crippen LogP contribution < -0.4 is 16.0 Å². The highest BCUT2D eigenvalue weighted by molar-refractivity contribution is 7.17. The van der Waals surface area contributed by atoms with Gasteiger partial charge < -0.3 is 20.3 Å². The lowest BCUT2D eigenvalue weighted by Crippen LogP contribution is -2.43. The number of ether oxygens (including phenoxy) is 1. The first kappa shape index (κ1) is 26.6. The molecule has 4 rings (SSSR count). The highest BCUT2D eigenvalue weighted by atomic mass is 35.5. The molecule has 8 nitrogen and oxygen atoms in total. The fourth-order valence-electron chi connectivity index (χ4n) is 4.58. The van der Waals surface area contributed by atoms with Crippen molar-refractivity contribution in [2.24, 2.45) is 5.92 Å². The lowest BCUT2D eigenvalue weighted by molar-refractivity contribution is 0.0526. The summed E-state index contributed by atoms with van der Waals surface area (Å²) in [7, 11) is 0. The van der Waals surface area contributed by atoms with E-state index in [-0.39, 0.29) is 23.9 Å². The average molecular weight is 554 g/mol. The molecule has 0 unspecified atom stereocenters. The van der Waals surface area contributed by atoms with E-state index in [4.69, 9.17) is 27.9 Å². The Kier molecular flexibility index (Phi) is 8.98. The van der Waals surface area contributed by atoms with Gasteiger partial charge in [-0.2, -0.15) is 0 Å². The first-order valence-electron chi connectivity index (χ1n) is 12.2. The number of halogens is 2. The van der Waals surface area contributed by atoms with Crippen LogP contribution in [-0.2, 0) is 17.6 Å². The van der Waals surface area contributed by atoms with Gasteiger partial charge in [0.1, 0.15) is 5.00 Å². The van der Waals surface area contributed by atoms with E-state index < -0.39 is 0 Å². The molecule has 11 heteroatoms. The number of thiophene rings is 1. The Hall–Kier alpha value is -2.49. The topological polar surface area (TPSA) is 99.8 Å². The molecule has 3 N–H and O–H groups in total. The number of anilines is 2. The predicted molar refractivity (Wildman–Crippen MR) is 144 cm³/mol. The van der Waals surface area contributed by atoms with Crippen molar-refractivity contribution in [3.05, 3.63) is 44.2 Å². The van der Waals surface area contributed by atoms with Gasteiger partial charge in [0.25, 0.3) is 0 Å². The van der Waals surface area contributed by atoms with E-state index in [1.165, 1.54) is 11.3 Å². The third-order valence-electron chi connectivity index (χ3n) is 6.50. The molecule has 0 bridgehead atoms. The van der Waals surface area contributed by atoms with Crippen molar-refractivity contribution >= 4 is 63.3 Å². The van der Waals surface area contributed by atoms with Crippen LogP contribution in [0.2, 0.25) is 10.0 Å². The normalized spacial score (nSPS) is 15.7. The molecule has 2 heterocycles. The highest BCUT2D eigenvalue weighted by Gasteiger charge is 2.28. The number of rotatable bonds is 6. The summed E-state index contributed by atoms with van der Waals surface area (Å²) in [6, 6.07) is 4.39. The fraction of sp³-hybridized carbons (Fsp3) is 0.480. The molecular formula is C25H30Cl2N4O4S. The molecule has 1 aliphatic heterocycles. The summed E-state index contributed by atoms with van der Waals surface area (Å²) in [4.78, 5) is 40.8. The van der Waals surface area contributed by atoms with Gasteiger partial charge in [-0.05, 0) is 75.1 Å². The van der Waals surface area contributed by atoms with Crippen molar-refractivity contribution in [3.8, 4) is 0 Å². The lowest BCUT2D eigenvalue weighted by Gasteiger charge is -2.32. The number of carbonyl (C=O) groups is 3. The molecule has 2 aromatic rings. The molecule has 0 radical (unpaired) electrons. The van der Waals surface area contributed by atoms with E-state index in [0.717, 1.165) is 49.0 Å². The van der Waals surface area contributed by atoms with Gasteiger partial charge >= 0.3 is 18.0 Å². The number of aryl methyl sites for hydroxylation is 1. The molecule has 1 aromatic carbocycles. The molecule has 1 fully saturated rings. The maximum Gasteiger partial charge on any atom is 0.341 e. The van der Waals surface area contributed by atoms with Gasteiger partial charge in [-0.15, -0.1) is 11.3 Å². The predicted octanol–water partition coefficient (Wildman–Crippen LogP) is 6.18. The molecule has 36 heavy (non-hydrogen) atoms. The van der Waals surface area contributed by atoms with Gasteiger partial charge in [0.05, 0.1) is 22.9 Å². The second-order valence-corrected chi connectivity index (χ2v) is 10.9. The SMILES string of the molecule is CCOC(=O)c1c(NC(=O)NCC2CCN(C(=O)Nc3ccc(Cl)cc3Cl)CC2)sc2c1CCCC2. The van der Waals surface area contributed by atoms with Crippen molar-refractivity contribution in [2.45, 2.75) is 45.4 Å². The number of hydrogen-bond donors (Lipinski definition) is 3. The number of urea groups is 2. The van der Waals surface area contributed by atoms with Crippen LogP contribution in [-0.4, -0.2) is 49.2 Å². The van der Waals surface area contributed by atoms with Crippen molar-refractivity contribution in [1.29, 1.82) is 0 Å². The summed E-state index contributed by atoms with van der Waals surface area (Å²) in [5.74, 6) is -0.127. The third-order valence-corrected chi connectivity index (χ3v) is 8.26. The molecule has 1 saturated heterocycles. The number of piperidine rings is 1. The van der Waals surface area contributed by atoms with Crippen LogP contribution in [0.15, 0.2) is 18.2 Å². The van der Waals surface area contributed by atoms with E-state index in [2.05, 4.69) is 16.0 Å². The Bertz CT molecular complexity index is 1130. The van der Waals surface area contributed by atoms with E-state index in [9.17, 15) is 14.4 Å². The Balaban J connectivity index is 1.26. The second kappa shape index (κ2) is 12.2. The smallest absolute Gasteiger partial charge is 0.341 e. The molecule has 2 aliphatic rings. The van der Waals surface area contributed by atoms with Gasteiger partial charge in [0.15, 0.2) is 0 Å². The number of carbonyl (C=O) groups excluding carboxylic acids is 3. The zero-order chi connectivity index (χ0) is 25.7. The Morgan fingerprint density at radius 2 is 1.86 bits per heavy atom. The fourth-order valence-corrected chi connectivity index (χ4v) is 6.31. The third kappa shape index (κ3) is 6.44. The van der Waals surface area contributed by atoms with Crippen molar-refractivity contribution in [1.82, 2.24) is 10.2 Å². The Morgan fingerprint density at radius 1 is 1.11 bits per heavy atom. The number of fused-ring (bicyclic) bond motifs is 1. The first-order chi connectivity index (χ1) is 17.4. The van der Waals surface area contributed by atoms with Crippen LogP contribution in [0.5, 0.6) is 0 Å². The maximum absolute atomic E-state index is 12.7. The Labute approximate surface area is 224 Å². The number of nitrogens with zero attached hydrogens (tertiary/aromatic N) is 1. The van der Waals surface area contributed by atoms with Crippen LogP contribution in [0, 0.1) is 5.92 Å². The van der Waals surface area contributed by atoms with Crippen molar-refractivity contribution in [2.75, 3.05) is 36.9 Å². The molecule has 4 amide bonds. The van der Waals surface area contributed by atoms with Crippen LogP contribution >= 0.6 is 34.5 Å². The summed E-state index contributed by atoms with van der Waals surface area (Å²) < 4.78 is 5.25. The van der Waals surface area contributed by atoms with Crippen LogP contribution in [0.1, 0.15) is 53.4 Å². The number of hydrogen-bond acceptors (Lipinski definition) is 5. The monoisotopic (exact) mass is 552 g/mol. The summed E-state index contributed by atoms with van der Waals surface area (Å²) in [6.07, 6.45) is 5.41. The minimum Gasteiger partial charge on any atom is -0.462 e. The maximum atomic E-state index is 12.7. The minimum atomic E-state index is -0.377. The van der Waals surface area contributed by atoms with E-state index in [0.29, 0.717) is 52.5 Å². The zero-order valence-electron chi connectivity index (χ0n) is 20.1. The molecule has 0 spiro atoms. The van der Waals surface area contributed by atoms with Gasteiger partial charge in [0, 0.05) is 29.5 Å². The lowest BCUT2D eigenvalue weighted by atomic mass is 9.95. The molecule has 194 valence electrons. The van der Waals surface area contributed by atoms with Crippen molar-refractivity contribution < 1.29 is 19.1 Å². The largest absolute Gasteiger partial charge is 0.462 e. The number of amides is 4. The standard InChI is InChI=1S/C25H30Cl2N4O4S/c1-2-35-23(32)21-17-5-3-4-6-20(17)36-22(21)30-24(33)28-14-15-9-11-31(12-10-15)25(34)29-19-8-7-16(26)13-18(19)27/h7-8,13,15H,2-6,9-12,14H2,1H3,(H,29,34)(H2,28,30,33). The minimum absolute atomic E-state index is 0.212. The summed E-state index contributed by atoms with van der Waals surface area (Å²) >= 11 is 13.5. The van der Waals surface area contributed by atoms with Gasteiger partial charge in [-0.25, -0.2) is 14.4 Å².